The van der Waals surface area contributed by atoms with Gasteiger partial charge in [0.25, 0.3) is 0 Å². The number of hydrogen-bond acceptors (Lipinski definition) is 1. The zero-order valence-electron chi connectivity index (χ0n) is 15.5. The molecule has 3 aromatic heterocycles. The van der Waals surface area contributed by atoms with Crippen molar-refractivity contribution in [3.63, 3.8) is 0 Å². The highest BCUT2D eigenvalue weighted by molar-refractivity contribution is 6.39. The molecule has 5 aromatic carbocycles. The number of nitrogens with zero attached hydrogens (tertiary/aromatic N) is 2. The highest BCUT2D eigenvalue weighted by atomic mass is 14.9. The standard InChI is InChI=1S/C27H14N2/c1-2-9-19-16(7-1)18-13-12-15-6-5-11-22-23(15)24(18)25-26(19)28-14-20-17-8-3-4-10-21(17)29(22)27(20)25/h1-14H. The van der Waals surface area contributed by atoms with Crippen molar-refractivity contribution >= 4 is 70.5 Å². The van der Waals surface area contributed by atoms with Crippen LogP contribution >= 0.6 is 0 Å². The number of hydrogen-bond donors (Lipinski definition) is 0. The third-order valence-corrected chi connectivity index (χ3v) is 6.70. The first kappa shape index (κ1) is 14.1. The molecule has 8 aromatic rings. The third-order valence-electron chi connectivity index (χ3n) is 6.70. The van der Waals surface area contributed by atoms with Gasteiger partial charge in [-0.15, -0.1) is 0 Å². The number of rotatable bonds is 0. The molecule has 2 nitrogen and oxygen atoms in total. The summed E-state index contributed by atoms with van der Waals surface area (Å²) >= 11 is 0. The monoisotopic (exact) mass is 366 g/mol. The van der Waals surface area contributed by atoms with E-state index in [4.69, 9.17) is 4.98 Å². The Balaban J connectivity index is 1.93. The fraction of sp³-hybridized carbons (Fsp3) is 0. The van der Waals surface area contributed by atoms with Gasteiger partial charge in [0, 0.05) is 38.5 Å². The highest BCUT2D eigenvalue weighted by Gasteiger charge is 2.22. The highest BCUT2D eigenvalue weighted by Crippen LogP contribution is 2.46. The maximum absolute atomic E-state index is 5.03. The summed E-state index contributed by atoms with van der Waals surface area (Å²) in [6.45, 7) is 0. The lowest BCUT2D eigenvalue weighted by Gasteiger charge is -2.18. The van der Waals surface area contributed by atoms with Gasteiger partial charge in [-0.3, -0.25) is 4.98 Å². The number of pyridine rings is 2. The van der Waals surface area contributed by atoms with E-state index in [1.165, 1.54) is 65.0 Å². The fourth-order valence-corrected chi connectivity index (χ4v) is 5.59. The lowest BCUT2D eigenvalue weighted by molar-refractivity contribution is 1.35. The Morgan fingerprint density at radius 2 is 1.31 bits per heavy atom. The fourth-order valence-electron chi connectivity index (χ4n) is 5.59. The minimum Gasteiger partial charge on any atom is -0.308 e. The summed E-state index contributed by atoms with van der Waals surface area (Å²) < 4.78 is 2.46. The summed E-state index contributed by atoms with van der Waals surface area (Å²) in [7, 11) is 0. The molecule has 0 aliphatic rings. The first-order chi connectivity index (χ1) is 14.4. The van der Waals surface area contributed by atoms with Crippen LogP contribution in [-0.2, 0) is 0 Å². The van der Waals surface area contributed by atoms with Crippen LogP contribution in [0.5, 0.6) is 0 Å². The Hall–Kier alpha value is -3.91. The molecule has 29 heavy (non-hydrogen) atoms. The van der Waals surface area contributed by atoms with Crippen LogP contribution in [0, 0.1) is 0 Å². The summed E-state index contributed by atoms with van der Waals surface area (Å²) in [6.07, 6.45) is 2.07. The van der Waals surface area contributed by atoms with Crippen LogP contribution in [0.25, 0.3) is 70.5 Å². The summed E-state index contributed by atoms with van der Waals surface area (Å²) in [5, 5.41) is 11.6. The second kappa shape index (κ2) is 4.56. The van der Waals surface area contributed by atoms with Gasteiger partial charge in [-0.2, -0.15) is 0 Å². The van der Waals surface area contributed by atoms with Gasteiger partial charge in [0.2, 0.25) is 0 Å². The van der Waals surface area contributed by atoms with Crippen LogP contribution in [0.4, 0.5) is 0 Å². The van der Waals surface area contributed by atoms with E-state index in [0.717, 1.165) is 5.52 Å². The maximum atomic E-state index is 5.03. The third kappa shape index (κ3) is 1.45. The number of fused-ring (bicyclic) bond motifs is 7. The molecule has 0 atom stereocenters. The number of para-hydroxylation sites is 1. The van der Waals surface area contributed by atoms with Crippen LogP contribution in [-0.4, -0.2) is 9.38 Å². The first-order valence-corrected chi connectivity index (χ1v) is 10.0. The van der Waals surface area contributed by atoms with Gasteiger partial charge in [0.1, 0.15) is 0 Å². The van der Waals surface area contributed by atoms with E-state index in [-0.39, 0.29) is 0 Å². The molecule has 0 fully saturated rings. The second-order valence-electron chi connectivity index (χ2n) is 8.01. The molecule has 0 N–H and O–H groups in total. The van der Waals surface area contributed by atoms with Crippen molar-refractivity contribution in [2.75, 3.05) is 0 Å². The van der Waals surface area contributed by atoms with E-state index < -0.39 is 0 Å². The van der Waals surface area contributed by atoms with Crippen LogP contribution in [0.15, 0.2) is 85.1 Å². The van der Waals surface area contributed by atoms with Crippen LogP contribution in [0.2, 0.25) is 0 Å². The molecular formula is C27H14N2. The summed E-state index contributed by atoms with van der Waals surface area (Å²) in [6, 6.07) is 28.6. The van der Waals surface area contributed by atoms with E-state index in [1.54, 1.807) is 0 Å². The van der Waals surface area contributed by atoms with Crippen molar-refractivity contribution in [3.05, 3.63) is 85.1 Å². The molecule has 0 unspecified atom stereocenters. The zero-order valence-corrected chi connectivity index (χ0v) is 15.5. The molecule has 132 valence electrons. The Bertz CT molecular complexity index is 1910. The van der Waals surface area contributed by atoms with Gasteiger partial charge >= 0.3 is 0 Å². The molecule has 8 rings (SSSR count). The molecule has 2 heteroatoms. The Labute approximate surface area is 165 Å². The smallest absolute Gasteiger partial charge is 0.0808 e. The number of aromatic nitrogens is 2. The molecule has 3 heterocycles. The molecule has 0 bridgehead atoms. The second-order valence-corrected chi connectivity index (χ2v) is 8.01. The SMILES string of the molecule is c1ccc2c(c1)c1ccc3cccc4c3c1c1c2ncc2c3ccccc3n4c21. The van der Waals surface area contributed by atoms with E-state index in [1.807, 2.05) is 0 Å². The minimum absolute atomic E-state index is 1.10. The van der Waals surface area contributed by atoms with Crippen molar-refractivity contribution in [3.8, 4) is 0 Å². The van der Waals surface area contributed by atoms with Crippen molar-refractivity contribution in [1.82, 2.24) is 9.38 Å². The Morgan fingerprint density at radius 3 is 2.24 bits per heavy atom. The van der Waals surface area contributed by atoms with Gasteiger partial charge in [-0.05, 0) is 28.3 Å². The van der Waals surface area contributed by atoms with Crippen molar-refractivity contribution in [1.29, 1.82) is 0 Å². The van der Waals surface area contributed by atoms with E-state index >= 15 is 0 Å². The predicted molar refractivity (Wildman–Crippen MR) is 123 cm³/mol. The first-order valence-electron chi connectivity index (χ1n) is 10.0. The summed E-state index contributed by atoms with van der Waals surface area (Å²) in [5.74, 6) is 0. The average molecular weight is 366 g/mol. The average Bonchev–Trinajstić information content (AvgIpc) is 3.13. The Morgan fingerprint density at radius 1 is 0.517 bits per heavy atom. The predicted octanol–water partition coefficient (Wildman–Crippen LogP) is 7.13. The molecule has 0 amide bonds. The summed E-state index contributed by atoms with van der Waals surface area (Å²) in [5.41, 5.74) is 4.92. The minimum atomic E-state index is 1.10. The zero-order chi connectivity index (χ0) is 18.7. The molecule has 0 saturated carbocycles. The van der Waals surface area contributed by atoms with Gasteiger partial charge in [-0.25, -0.2) is 0 Å². The molecular weight excluding hydrogens is 352 g/mol. The van der Waals surface area contributed by atoms with E-state index in [9.17, 15) is 0 Å². The summed E-state index contributed by atoms with van der Waals surface area (Å²) in [4.78, 5) is 5.03. The topological polar surface area (TPSA) is 17.3 Å². The maximum Gasteiger partial charge on any atom is 0.0808 e. The van der Waals surface area contributed by atoms with Crippen molar-refractivity contribution in [2.45, 2.75) is 0 Å². The van der Waals surface area contributed by atoms with Crippen LogP contribution in [0.3, 0.4) is 0 Å². The van der Waals surface area contributed by atoms with Crippen LogP contribution < -0.4 is 0 Å². The molecule has 0 aliphatic carbocycles. The van der Waals surface area contributed by atoms with Gasteiger partial charge in [0.15, 0.2) is 0 Å². The van der Waals surface area contributed by atoms with Gasteiger partial charge in [-0.1, -0.05) is 66.7 Å². The Kier molecular flexibility index (Phi) is 2.22. The van der Waals surface area contributed by atoms with E-state index in [0.29, 0.717) is 0 Å². The number of benzene rings is 5. The normalized spacial score (nSPS) is 12.8. The van der Waals surface area contributed by atoms with Gasteiger partial charge < -0.3 is 4.40 Å². The molecule has 0 radical (unpaired) electrons. The molecule has 0 saturated heterocycles. The molecule has 0 aliphatic heterocycles. The quantitative estimate of drug-likeness (QED) is 0.206. The molecule has 0 spiro atoms. The van der Waals surface area contributed by atoms with Crippen molar-refractivity contribution < 1.29 is 0 Å². The van der Waals surface area contributed by atoms with Crippen LogP contribution in [0.1, 0.15) is 0 Å². The van der Waals surface area contributed by atoms with Gasteiger partial charge in [0.05, 0.1) is 22.1 Å². The van der Waals surface area contributed by atoms with E-state index in [2.05, 4.69) is 89.5 Å². The largest absolute Gasteiger partial charge is 0.308 e. The van der Waals surface area contributed by atoms with Crippen molar-refractivity contribution in [2.24, 2.45) is 0 Å². The lowest BCUT2D eigenvalue weighted by atomic mass is 9.91. The lowest BCUT2D eigenvalue weighted by Crippen LogP contribution is -1.96.